The van der Waals surface area contributed by atoms with Crippen LogP contribution in [0.1, 0.15) is 44.7 Å². The summed E-state index contributed by atoms with van der Waals surface area (Å²) in [7, 11) is 0. The highest BCUT2D eigenvalue weighted by Gasteiger charge is 2.21. The van der Waals surface area contributed by atoms with Crippen molar-refractivity contribution in [2.45, 2.75) is 51.6 Å². The molecule has 2 heterocycles. The van der Waals surface area contributed by atoms with Crippen LogP contribution in [0.5, 0.6) is 0 Å². The fraction of sp³-hybridized carbons (Fsp3) is 0.692. The summed E-state index contributed by atoms with van der Waals surface area (Å²) in [5, 5.41) is 0. The molecule has 1 fully saturated rings. The molecule has 1 aliphatic heterocycles. The number of aromatic nitrogens is 2. The van der Waals surface area contributed by atoms with Gasteiger partial charge in [0.15, 0.2) is 5.82 Å². The lowest BCUT2D eigenvalue weighted by atomic mass is 9.98. The third-order valence-electron chi connectivity index (χ3n) is 3.59. The Hall–Kier alpha value is -1.20. The van der Waals surface area contributed by atoms with Gasteiger partial charge < -0.3 is 5.43 Å². The van der Waals surface area contributed by atoms with Crippen molar-refractivity contribution in [2.75, 3.05) is 12.0 Å². The smallest absolute Gasteiger partial charge is 0.158 e. The van der Waals surface area contributed by atoms with Crippen LogP contribution in [0.3, 0.4) is 0 Å². The lowest BCUT2D eigenvalue weighted by Crippen LogP contribution is -2.39. The van der Waals surface area contributed by atoms with Gasteiger partial charge in [-0.1, -0.05) is 19.8 Å². The maximum absolute atomic E-state index is 5.28. The molecule has 100 valence electrons. The highest BCUT2D eigenvalue weighted by Crippen LogP contribution is 2.22. The number of hydrogen-bond donors (Lipinski definition) is 2. The van der Waals surface area contributed by atoms with E-state index in [1.165, 1.54) is 38.6 Å². The molecule has 18 heavy (non-hydrogen) atoms. The van der Waals surface area contributed by atoms with Crippen molar-refractivity contribution in [1.29, 1.82) is 0 Å². The summed E-state index contributed by atoms with van der Waals surface area (Å²) in [5.74, 6) is 5.90. The van der Waals surface area contributed by atoms with E-state index in [0.29, 0.717) is 5.82 Å². The van der Waals surface area contributed by atoms with Crippen molar-refractivity contribution in [3.05, 3.63) is 18.1 Å². The molecule has 0 aromatic carbocycles. The van der Waals surface area contributed by atoms with Gasteiger partial charge in [0.2, 0.25) is 0 Å². The molecule has 0 spiro atoms. The van der Waals surface area contributed by atoms with Crippen LogP contribution in [0.15, 0.2) is 12.4 Å². The van der Waals surface area contributed by atoms with Crippen LogP contribution in [0.25, 0.3) is 0 Å². The van der Waals surface area contributed by atoms with Crippen molar-refractivity contribution in [3.63, 3.8) is 0 Å². The SMILES string of the molecule is CCCC1CCCCN1Cc1cnc(NN)cn1. The molecule has 0 bridgehead atoms. The third-order valence-corrected chi connectivity index (χ3v) is 3.59. The Morgan fingerprint density at radius 1 is 1.39 bits per heavy atom. The number of likely N-dealkylation sites (tertiary alicyclic amines) is 1. The van der Waals surface area contributed by atoms with Crippen LogP contribution in [0, 0.1) is 0 Å². The van der Waals surface area contributed by atoms with E-state index in [-0.39, 0.29) is 0 Å². The van der Waals surface area contributed by atoms with Crippen LogP contribution >= 0.6 is 0 Å². The number of nitrogens with zero attached hydrogens (tertiary/aromatic N) is 3. The van der Waals surface area contributed by atoms with E-state index in [2.05, 4.69) is 27.2 Å². The number of nitrogens with one attached hydrogen (secondary N) is 1. The second kappa shape index (κ2) is 6.66. The minimum atomic E-state index is 0.613. The molecule has 1 atom stereocenters. The number of piperidine rings is 1. The second-order valence-electron chi connectivity index (χ2n) is 4.95. The zero-order chi connectivity index (χ0) is 12.8. The van der Waals surface area contributed by atoms with Gasteiger partial charge in [-0.3, -0.25) is 9.88 Å². The molecule has 1 aromatic rings. The van der Waals surface area contributed by atoms with E-state index in [9.17, 15) is 0 Å². The Balaban J connectivity index is 1.96. The lowest BCUT2D eigenvalue weighted by Gasteiger charge is -2.35. The lowest BCUT2D eigenvalue weighted by molar-refractivity contribution is 0.130. The van der Waals surface area contributed by atoms with E-state index >= 15 is 0 Å². The number of hydrogen-bond acceptors (Lipinski definition) is 5. The van der Waals surface area contributed by atoms with Gasteiger partial charge in [0.25, 0.3) is 0 Å². The summed E-state index contributed by atoms with van der Waals surface area (Å²) in [5.41, 5.74) is 3.52. The molecule has 0 saturated carbocycles. The average molecular weight is 249 g/mol. The number of nitrogen functional groups attached to an aromatic ring is 1. The van der Waals surface area contributed by atoms with Crippen LogP contribution in [0.2, 0.25) is 0 Å². The molecule has 5 heteroatoms. The predicted molar refractivity (Wildman–Crippen MR) is 72.8 cm³/mol. The molecular formula is C13H23N5. The Labute approximate surface area is 109 Å². The summed E-state index contributed by atoms with van der Waals surface area (Å²) in [4.78, 5) is 11.1. The minimum Gasteiger partial charge on any atom is -0.307 e. The molecule has 0 radical (unpaired) electrons. The topological polar surface area (TPSA) is 67.1 Å². The first-order valence-electron chi connectivity index (χ1n) is 6.85. The van der Waals surface area contributed by atoms with E-state index in [0.717, 1.165) is 18.3 Å². The molecule has 0 amide bonds. The highest BCUT2D eigenvalue weighted by atomic mass is 15.3. The summed E-state index contributed by atoms with van der Waals surface area (Å²) in [6, 6.07) is 0.720. The molecule has 1 aromatic heterocycles. The van der Waals surface area contributed by atoms with Crippen LogP contribution in [-0.2, 0) is 6.54 Å². The van der Waals surface area contributed by atoms with Gasteiger partial charge in [-0.2, -0.15) is 0 Å². The molecule has 1 saturated heterocycles. The van der Waals surface area contributed by atoms with Gasteiger partial charge in [-0.25, -0.2) is 10.8 Å². The van der Waals surface area contributed by atoms with Crippen LogP contribution in [0.4, 0.5) is 5.82 Å². The number of hydrazine groups is 1. The number of rotatable bonds is 5. The van der Waals surface area contributed by atoms with Crippen molar-refractivity contribution >= 4 is 5.82 Å². The number of nitrogens with two attached hydrogens (primary N) is 1. The molecule has 5 nitrogen and oxygen atoms in total. The van der Waals surface area contributed by atoms with Crippen molar-refractivity contribution in [1.82, 2.24) is 14.9 Å². The maximum atomic E-state index is 5.28. The first-order valence-corrected chi connectivity index (χ1v) is 6.85. The van der Waals surface area contributed by atoms with E-state index in [1.807, 2.05) is 6.20 Å². The monoisotopic (exact) mass is 249 g/mol. The van der Waals surface area contributed by atoms with Gasteiger partial charge in [-0.05, 0) is 25.8 Å². The van der Waals surface area contributed by atoms with Gasteiger partial charge in [0.1, 0.15) is 0 Å². The molecule has 1 unspecified atom stereocenters. The summed E-state index contributed by atoms with van der Waals surface area (Å²) in [6.45, 7) is 4.35. The Morgan fingerprint density at radius 2 is 2.28 bits per heavy atom. The van der Waals surface area contributed by atoms with Gasteiger partial charge in [0.05, 0.1) is 18.1 Å². The van der Waals surface area contributed by atoms with Crippen LogP contribution in [-0.4, -0.2) is 27.5 Å². The number of anilines is 1. The zero-order valence-corrected chi connectivity index (χ0v) is 11.1. The molecule has 2 rings (SSSR count). The van der Waals surface area contributed by atoms with E-state index in [1.54, 1.807) is 6.20 Å². The standard InChI is InChI=1S/C13H23N5/c1-2-5-12-6-3-4-7-18(12)10-11-8-16-13(17-14)9-15-11/h8-9,12H,2-7,10,14H2,1H3,(H,16,17). The fourth-order valence-corrected chi connectivity index (χ4v) is 2.65. The van der Waals surface area contributed by atoms with Gasteiger partial charge in [0, 0.05) is 12.6 Å². The van der Waals surface area contributed by atoms with E-state index in [4.69, 9.17) is 5.84 Å². The normalized spacial score (nSPS) is 20.9. The van der Waals surface area contributed by atoms with Crippen molar-refractivity contribution in [3.8, 4) is 0 Å². The Kier molecular flexibility index (Phi) is 4.90. The Morgan fingerprint density at radius 3 is 2.94 bits per heavy atom. The molecular weight excluding hydrogens is 226 g/mol. The molecule has 1 aliphatic rings. The van der Waals surface area contributed by atoms with Crippen LogP contribution < -0.4 is 11.3 Å². The third kappa shape index (κ3) is 3.40. The first-order chi connectivity index (χ1) is 8.83. The minimum absolute atomic E-state index is 0.613. The highest BCUT2D eigenvalue weighted by molar-refractivity contribution is 5.28. The van der Waals surface area contributed by atoms with Gasteiger partial charge in [-0.15, -0.1) is 0 Å². The fourth-order valence-electron chi connectivity index (χ4n) is 2.65. The molecule has 0 aliphatic carbocycles. The Bertz CT molecular complexity index is 349. The van der Waals surface area contributed by atoms with Crippen molar-refractivity contribution < 1.29 is 0 Å². The average Bonchev–Trinajstić information content (AvgIpc) is 2.42. The second-order valence-corrected chi connectivity index (χ2v) is 4.95. The predicted octanol–water partition coefficient (Wildman–Crippen LogP) is 1.92. The summed E-state index contributed by atoms with van der Waals surface area (Å²) in [6.07, 6.45) is 10.0. The van der Waals surface area contributed by atoms with E-state index < -0.39 is 0 Å². The zero-order valence-electron chi connectivity index (χ0n) is 11.1. The molecule has 3 N–H and O–H groups in total. The van der Waals surface area contributed by atoms with Crippen molar-refractivity contribution in [2.24, 2.45) is 5.84 Å². The largest absolute Gasteiger partial charge is 0.307 e. The quantitative estimate of drug-likeness (QED) is 0.616. The maximum Gasteiger partial charge on any atom is 0.158 e. The first kappa shape index (κ1) is 13.2. The summed E-state index contributed by atoms with van der Waals surface area (Å²) < 4.78 is 0. The van der Waals surface area contributed by atoms with Gasteiger partial charge >= 0.3 is 0 Å². The summed E-state index contributed by atoms with van der Waals surface area (Å²) >= 11 is 0.